The van der Waals surface area contributed by atoms with Crippen LogP contribution in [0, 0.1) is 5.92 Å². The average Bonchev–Trinajstić information content (AvgIpc) is 2.10. The van der Waals surface area contributed by atoms with Crippen molar-refractivity contribution in [2.24, 2.45) is 5.92 Å². The van der Waals surface area contributed by atoms with Crippen molar-refractivity contribution in [3.63, 3.8) is 0 Å². The first-order chi connectivity index (χ1) is 6.18. The molecule has 0 bridgehead atoms. The molecule has 0 aliphatic carbocycles. The molecule has 0 aromatic heterocycles. The van der Waals surface area contributed by atoms with E-state index in [4.69, 9.17) is 0 Å². The number of unbranched alkanes of at least 4 members (excludes halogenated alkanes) is 3. The molecule has 0 saturated heterocycles. The summed E-state index contributed by atoms with van der Waals surface area (Å²) in [5.41, 5.74) is 0. The van der Waals surface area contributed by atoms with Crippen LogP contribution in [0.25, 0.3) is 0 Å². The Bertz CT molecular complexity index is 104. The number of hydrogen-bond acceptors (Lipinski definition) is 2. The minimum Gasteiger partial charge on any atom is -0.392 e. The molecule has 0 aliphatic heterocycles. The third kappa shape index (κ3) is 8.26. The fraction of sp³-hybridized carbons (Fsp3) is 1.00. The summed E-state index contributed by atoms with van der Waals surface area (Å²) < 4.78 is 0. The Morgan fingerprint density at radius 3 is 2.38 bits per heavy atom. The van der Waals surface area contributed by atoms with Gasteiger partial charge in [-0.3, -0.25) is 0 Å². The predicted molar refractivity (Wildman–Crippen MR) is 57.9 cm³/mol. The lowest BCUT2D eigenvalue weighted by Gasteiger charge is -2.14. The highest BCUT2D eigenvalue weighted by molar-refractivity contribution is 4.62. The van der Waals surface area contributed by atoms with Gasteiger partial charge in [0.15, 0.2) is 0 Å². The van der Waals surface area contributed by atoms with Gasteiger partial charge in [-0.05, 0) is 18.9 Å². The van der Waals surface area contributed by atoms with Crippen LogP contribution >= 0.6 is 0 Å². The second kappa shape index (κ2) is 8.52. The Morgan fingerprint density at radius 2 is 1.85 bits per heavy atom. The topological polar surface area (TPSA) is 32.3 Å². The van der Waals surface area contributed by atoms with Crippen molar-refractivity contribution in [2.45, 2.75) is 52.6 Å². The quantitative estimate of drug-likeness (QED) is 0.571. The van der Waals surface area contributed by atoms with Crippen LogP contribution in [0.1, 0.15) is 46.5 Å². The largest absolute Gasteiger partial charge is 0.392 e. The molecule has 13 heavy (non-hydrogen) atoms. The monoisotopic (exact) mass is 187 g/mol. The van der Waals surface area contributed by atoms with Gasteiger partial charge in [-0.15, -0.1) is 0 Å². The van der Waals surface area contributed by atoms with Crippen LogP contribution in [-0.2, 0) is 0 Å². The molecule has 0 heterocycles. The zero-order valence-corrected chi connectivity index (χ0v) is 9.34. The lowest BCUT2D eigenvalue weighted by atomic mass is 10.1. The van der Waals surface area contributed by atoms with E-state index in [-0.39, 0.29) is 6.10 Å². The van der Waals surface area contributed by atoms with Gasteiger partial charge in [0.05, 0.1) is 6.10 Å². The number of aliphatic hydroxyl groups is 1. The Labute approximate surface area is 82.7 Å². The fourth-order valence-electron chi connectivity index (χ4n) is 1.16. The van der Waals surface area contributed by atoms with Crippen molar-refractivity contribution < 1.29 is 5.11 Å². The fourth-order valence-corrected chi connectivity index (χ4v) is 1.16. The van der Waals surface area contributed by atoms with Crippen LogP contribution in [0.5, 0.6) is 0 Å². The normalized spacial score (nSPS) is 13.6. The summed E-state index contributed by atoms with van der Waals surface area (Å²) in [4.78, 5) is 0. The number of rotatable bonds is 8. The van der Waals surface area contributed by atoms with E-state index in [9.17, 15) is 5.11 Å². The number of aliphatic hydroxyl groups excluding tert-OH is 1. The maximum Gasteiger partial charge on any atom is 0.0687 e. The lowest BCUT2D eigenvalue weighted by Crippen LogP contribution is -2.31. The van der Waals surface area contributed by atoms with Crippen molar-refractivity contribution in [3.05, 3.63) is 0 Å². The minimum atomic E-state index is -0.189. The van der Waals surface area contributed by atoms with Crippen molar-refractivity contribution in [2.75, 3.05) is 13.1 Å². The Balaban J connectivity index is 3.07. The van der Waals surface area contributed by atoms with Crippen LogP contribution in [0.15, 0.2) is 0 Å². The average molecular weight is 187 g/mol. The van der Waals surface area contributed by atoms with Crippen LogP contribution < -0.4 is 5.32 Å². The highest BCUT2D eigenvalue weighted by atomic mass is 16.3. The van der Waals surface area contributed by atoms with E-state index >= 15 is 0 Å². The van der Waals surface area contributed by atoms with Gasteiger partial charge in [-0.25, -0.2) is 0 Å². The van der Waals surface area contributed by atoms with Crippen LogP contribution in [-0.4, -0.2) is 24.3 Å². The molecule has 2 N–H and O–H groups in total. The van der Waals surface area contributed by atoms with E-state index < -0.39 is 0 Å². The predicted octanol–water partition coefficient (Wildman–Crippen LogP) is 2.17. The van der Waals surface area contributed by atoms with Gasteiger partial charge in [0.25, 0.3) is 0 Å². The van der Waals surface area contributed by atoms with E-state index in [0.717, 1.165) is 13.1 Å². The second-order valence-corrected chi connectivity index (χ2v) is 4.08. The molecule has 0 spiro atoms. The molecule has 0 radical (unpaired) electrons. The van der Waals surface area contributed by atoms with Gasteiger partial charge >= 0.3 is 0 Å². The van der Waals surface area contributed by atoms with Gasteiger partial charge in [0.1, 0.15) is 0 Å². The molecule has 1 atom stereocenters. The van der Waals surface area contributed by atoms with E-state index in [1.165, 1.54) is 25.7 Å². The first-order valence-corrected chi connectivity index (χ1v) is 5.57. The molecule has 0 aromatic rings. The molecular weight excluding hydrogens is 162 g/mol. The molecule has 0 fully saturated rings. The highest BCUT2D eigenvalue weighted by Crippen LogP contribution is 2.00. The first kappa shape index (κ1) is 12.9. The summed E-state index contributed by atoms with van der Waals surface area (Å²) in [6, 6.07) is 0. The third-order valence-electron chi connectivity index (χ3n) is 2.33. The van der Waals surface area contributed by atoms with Crippen molar-refractivity contribution >= 4 is 0 Å². The van der Waals surface area contributed by atoms with Crippen LogP contribution in [0.4, 0.5) is 0 Å². The zero-order chi connectivity index (χ0) is 10.1. The highest BCUT2D eigenvalue weighted by Gasteiger charge is 2.06. The SMILES string of the molecule is CCCCCCNCC(O)C(C)C. The van der Waals surface area contributed by atoms with Crippen LogP contribution in [0.3, 0.4) is 0 Å². The van der Waals surface area contributed by atoms with Gasteiger partial charge in [-0.2, -0.15) is 0 Å². The van der Waals surface area contributed by atoms with E-state index in [1.807, 2.05) is 13.8 Å². The van der Waals surface area contributed by atoms with Gasteiger partial charge in [0, 0.05) is 6.54 Å². The molecule has 0 amide bonds. The van der Waals surface area contributed by atoms with Gasteiger partial charge in [-0.1, -0.05) is 40.0 Å². The van der Waals surface area contributed by atoms with E-state index in [1.54, 1.807) is 0 Å². The molecule has 0 aliphatic rings. The number of nitrogens with one attached hydrogen (secondary N) is 1. The standard InChI is InChI=1S/C11H25NO/c1-4-5-6-7-8-12-9-11(13)10(2)3/h10-13H,4-9H2,1-3H3. The molecule has 0 rings (SSSR count). The smallest absolute Gasteiger partial charge is 0.0687 e. The Hall–Kier alpha value is -0.0800. The van der Waals surface area contributed by atoms with Crippen molar-refractivity contribution in [1.82, 2.24) is 5.32 Å². The molecule has 2 heteroatoms. The maximum absolute atomic E-state index is 9.47. The maximum atomic E-state index is 9.47. The molecule has 80 valence electrons. The Kier molecular flexibility index (Phi) is 8.46. The molecule has 0 aromatic carbocycles. The third-order valence-corrected chi connectivity index (χ3v) is 2.33. The summed E-state index contributed by atoms with van der Waals surface area (Å²) >= 11 is 0. The summed E-state index contributed by atoms with van der Waals surface area (Å²) in [6.07, 6.45) is 4.97. The first-order valence-electron chi connectivity index (χ1n) is 5.57. The van der Waals surface area contributed by atoms with Crippen molar-refractivity contribution in [1.29, 1.82) is 0 Å². The lowest BCUT2D eigenvalue weighted by molar-refractivity contribution is 0.123. The summed E-state index contributed by atoms with van der Waals surface area (Å²) in [6.45, 7) is 8.09. The molecule has 0 saturated carbocycles. The number of hydrogen-bond donors (Lipinski definition) is 2. The molecule has 2 nitrogen and oxygen atoms in total. The van der Waals surface area contributed by atoms with Crippen molar-refractivity contribution in [3.8, 4) is 0 Å². The second-order valence-electron chi connectivity index (χ2n) is 4.08. The summed E-state index contributed by atoms with van der Waals surface area (Å²) in [5, 5.41) is 12.7. The molecular formula is C11H25NO. The molecule has 1 unspecified atom stereocenters. The van der Waals surface area contributed by atoms with E-state index in [2.05, 4.69) is 12.2 Å². The zero-order valence-electron chi connectivity index (χ0n) is 9.34. The minimum absolute atomic E-state index is 0.189. The van der Waals surface area contributed by atoms with E-state index in [0.29, 0.717) is 5.92 Å². The summed E-state index contributed by atoms with van der Waals surface area (Å²) in [5.74, 6) is 0.364. The van der Waals surface area contributed by atoms with Gasteiger partial charge in [0.2, 0.25) is 0 Å². The summed E-state index contributed by atoms with van der Waals surface area (Å²) in [7, 11) is 0. The van der Waals surface area contributed by atoms with Gasteiger partial charge < -0.3 is 10.4 Å². The Morgan fingerprint density at radius 1 is 1.15 bits per heavy atom. The van der Waals surface area contributed by atoms with Crippen LogP contribution in [0.2, 0.25) is 0 Å².